The maximum atomic E-state index is 11.9. The molecule has 6 unspecified atom stereocenters. The number of nitrogens with zero attached hydrogens (tertiary/aromatic N) is 3. The number of piperidine rings is 3. The van der Waals surface area contributed by atoms with Gasteiger partial charge in [-0.3, -0.25) is 14.6 Å². The molecule has 0 radical (unpaired) electrons. The van der Waals surface area contributed by atoms with Crippen LogP contribution in [0.1, 0.15) is 51.9 Å². The molecule has 0 aromatic carbocycles. The van der Waals surface area contributed by atoms with Crippen molar-refractivity contribution < 1.29 is 4.79 Å². The number of carbonyl (C=O) groups is 1. The van der Waals surface area contributed by atoms with Gasteiger partial charge in [-0.2, -0.15) is 0 Å². The summed E-state index contributed by atoms with van der Waals surface area (Å²) in [4.78, 5) is 19.6. The Kier molecular flexibility index (Phi) is 3.83. The Balaban J connectivity index is 1.54. The third-order valence-electron chi connectivity index (χ3n) is 7.66. The summed E-state index contributed by atoms with van der Waals surface area (Å²) in [6.45, 7) is 7.97. The van der Waals surface area contributed by atoms with Crippen LogP contribution in [0.5, 0.6) is 0 Å². The Labute approximate surface area is 151 Å². The Morgan fingerprint density at radius 3 is 3.04 bits per heavy atom. The van der Waals surface area contributed by atoms with Gasteiger partial charge < -0.3 is 4.90 Å². The van der Waals surface area contributed by atoms with Crippen molar-refractivity contribution in [1.29, 1.82) is 0 Å². The molecule has 0 saturated carbocycles. The van der Waals surface area contributed by atoms with E-state index in [-0.39, 0.29) is 5.91 Å². The zero-order chi connectivity index (χ0) is 17.1. The fraction of sp³-hybridized carbons (Fsp3) is 0.762. The van der Waals surface area contributed by atoms with Gasteiger partial charge >= 0.3 is 0 Å². The van der Waals surface area contributed by atoms with E-state index in [1.165, 1.54) is 44.2 Å². The highest BCUT2D eigenvalue weighted by Crippen LogP contribution is 2.54. The van der Waals surface area contributed by atoms with Crippen molar-refractivity contribution in [1.82, 2.24) is 14.7 Å². The number of hydrogen-bond acceptors (Lipinski definition) is 3. The lowest BCUT2D eigenvalue weighted by Crippen LogP contribution is -2.79. The van der Waals surface area contributed by atoms with Crippen LogP contribution in [0, 0.1) is 11.8 Å². The Hall–Kier alpha value is -1.13. The summed E-state index contributed by atoms with van der Waals surface area (Å²) >= 11 is 0. The monoisotopic (exact) mass is 341 g/mol. The summed E-state index contributed by atoms with van der Waals surface area (Å²) in [5, 5.41) is 0. The highest BCUT2D eigenvalue weighted by atomic mass is 16.2. The van der Waals surface area contributed by atoms with Crippen LogP contribution in [0.25, 0.3) is 0 Å². The predicted molar refractivity (Wildman–Crippen MR) is 98.7 cm³/mol. The highest BCUT2D eigenvalue weighted by molar-refractivity contribution is 5.74. The Morgan fingerprint density at radius 1 is 1.36 bits per heavy atom. The predicted octanol–water partition coefficient (Wildman–Crippen LogP) is 2.97. The molecule has 6 heterocycles. The summed E-state index contributed by atoms with van der Waals surface area (Å²) in [5.41, 5.74) is 1.54. The molecule has 136 valence electrons. The van der Waals surface area contributed by atoms with Crippen LogP contribution in [0.15, 0.2) is 24.4 Å². The topological polar surface area (TPSA) is 26.8 Å². The summed E-state index contributed by atoms with van der Waals surface area (Å²) < 4.78 is 0. The van der Waals surface area contributed by atoms with E-state index in [9.17, 15) is 4.79 Å². The van der Waals surface area contributed by atoms with Crippen molar-refractivity contribution in [2.75, 3.05) is 13.1 Å². The maximum absolute atomic E-state index is 11.9. The number of carbonyl (C=O) groups excluding carboxylic acids is 1. The molecule has 4 nitrogen and oxygen atoms in total. The standard InChI is InChI=1S/C21H31N3O/c1-3-6-19-17-11-16-13-23(19)20-9-4-8-18(16)24(20)21(17)15-7-5-10-22(12-15)14(2)25/h3,12,16-21H,1,4-11,13H2,2H3/t16?,17?,18?,19-,20?,21-/m0/s1. The summed E-state index contributed by atoms with van der Waals surface area (Å²) in [7, 11) is 0. The van der Waals surface area contributed by atoms with Gasteiger partial charge in [-0.05, 0) is 62.4 Å². The first-order valence-corrected chi connectivity index (χ1v) is 10.3. The van der Waals surface area contributed by atoms with E-state index in [4.69, 9.17) is 0 Å². The fourth-order valence-corrected chi connectivity index (χ4v) is 6.85. The normalized spacial score (nSPS) is 47.6. The van der Waals surface area contributed by atoms with Crippen LogP contribution < -0.4 is 0 Å². The molecule has 5 fully saturated rings. The SMILES string of the molecule is C=CC[C@H]1C2CC3CN1C1CCCC3N1[C@H]2C1=CN(C(C)=O)CCC1. The maximum Gasteiger partial charge on any atom is 0.223 e. The van der Waals surface area contributed by atoms with Gasteiger partial charge in [0.2, 0.25) is 5.91 Å². The van der Waals surface area contributed by atoms with Gasteiger partial charge in [-0.25, -0.2) is 0 Å². The van der Waals surface area contributed by atoms with Crippen molar-refractivity contribution >= 4 is 5.91 Å². The van der Waals surface area contributed by atoms with Gasteiger partial charge in [0.1, 0.15) is 0 Å². The lowest BCUT2D eigenvalue weighted by molar-refractivity contribution is -0.224. The number of hydrogen-bond donors (Lipinski definition) is 0. The Morgan fingerprint density at radius 2 is 2.24 bits per heavy atom. The van der Waals surface area contributed by atoms with E-state index in [0.29, 0.717) is 18.2 Å². The average molecular weight is 341 g/mol. The van der Waals surface area contributed by atoms with E-state index in [1.54, 1.807) is 6.92 Å². The van der Waals surface area contributed by atoms with Crippen molar-refractivity contribution in [2.24, 2.45) is 11.8 Å². The lowest BCUT2D eigenvalue weighted by atomic mass is 9.62. The molecule has 0 spiro atoms. The van der Waals surface area contributed by atoms with E-state index in [2.05, 4.69) is 28.7 Å². The zero-order valence-electron chi connectivity index (χ0n) is 15.4. The molecule has 0 aromatic heterocycles. The molecular formula is C21H31N3O. The molecule has 0 N–H and O–H groups in total. The van der Waals surface area contributed by atoms with Crippen molar-refractivity contribution in [3.63, 3.8) is 0 Å². The third-order valence-corrected chi connectivity index (χ3v) is 7.66. The smallest absolute Gasteiger partial charge is 0.223 e. The van der Waals surface area contributed by atoms with E-state index >= 15 is 0 Å². The van der Waals surface area contributed by atoms with Crippen LogP contribution >= 0.6 is 0 Å². The molecule has 0 aliphatic carbocycles. The van der Waals surface area contributed by atoms with Gasteiger partial charge in [0.25, 0.3) is 0 Å². The number of amides is 1. The first kappa shape index (κ1) is 16.1. The van der Waals surface area contributed by atoms with Gasteiger partial charge in [-0.15, -0.1) is 6.58 Å². The minimum absolute atomic E-state index is 0.197. The molecule has 1 amide bonds. The minimum atomic E-state index is 0.197. The third kappa shape index (κ3) is 2.30. The molecule has 25 heavy (non-hydrogen) atoms. The molecule has 8 atom stereocenters. The van der Waals surface area contributed by atoms with Crippen molar-refractivity contribution in [3.8, 4) is 0 Å². The van der Waals surface area contributed by atoms with Gasteiger partial charge in [0, 0.05) is 44.3 Å². The van der Waals surface area contributed by atoms with Crippen LogP contribution in [0.3, 0.4) is 0 Å². The summed E-state index contributed by atoms with van der Waals surface area (Å²) in [6, 6.07) is 2.01. The molecule has 6 aliphatic rings. The second-order valence-corrected chi connectivity index (χ2v) is 8.84. The quantitative estimate of drug-likeness (QED) is 0.739. The number of rotatable bonds is 3. The van der Waals surface area contributed by atoms with E-state index in [0.717, 1.165) is 37.3 Å². The van der Waals surface area contributed by atoms with Gasteiger partial charge in [0.05, 0.1) is 6.17 Å². The van der Waals surface area contributed by atoms with Crippen molar-refractivity contribution in [2.45, 2.75) is 76.2 Å². The van der Waals surface area contributed by atoms with Crippen LogP contribution in [0.2, 0.25) is 0 Å². The molecule has 6 rings (SSSR count). The minimum Gasteiger partial charge on any atom is -0.319 e. The largest absolute Gasteiger partial charge is 0.319 e. The molecule has 4 heteroatoms. The van der Waals surface area contributed by atoms with Gasteiger partial charge in [0.15, 0.2) is 0 Å². The van der Waals surface area contributed by atoms with E-state index < -0.39 is 0 Å². The Bertz CT molecular complexity index is 614. The summed E-state index contributed by atoms with van der Waals surface area (Å²) in [6.07, 6.45) is 13.9. The first-order valence-electron chi connectivity index (χ1n) is 10.3. The highest BCUT2D eigenvalue weighted by Gasteiger charge is 2.60. The van der Waals surface area contributed by atoms with Crippen molar-refractivity contribution in [3.05, 3.63) is 24.4 Å². The molecule has 0 aromatic rings. The van der Waals surface area contributed by atoms with Gasteiger partial charge in [-0.1, -0.05) is 6.08 Å². The van der Waals surface area contributed by atoms with E-state index in [1.807, 2.05) is 4.90 Å². The molecule has 6 bridgehead atoms. The molecule has 6 aliphatic heterocycles. The molecule has 5 saturated heterocycles. The average Bonchev–Trinajstić information content (AvgIpc) is 2.62. The summed E-state index contributed by atoms with van der Waals surface area (Å²) in [5.74, 6) is 1.79. The molecular weight excluding hydrogens is 310 g/mol. The lowest BCUT2D eigenvalue weighted by Gasteiger charge is -2.70. The second-order valence-electron chi connectivity index (χ2n) is 8.84. The fourth-order valence-electron chi connectivity index (χ4n) is 6.85. The second kappa shape index (κ2) is 5.95. The zero-order valence-corrected chi connectivity index (χ0v) is 15.4. The van der Waals surface area contributed by atoms with Crippen LogP contribution in [0.4, 0.5) is 0 Å². The first-order chi connectivity index (χ1) is 12.2. The van der Waals surface area contributed by atoms with Crippen LogP contribution in [-0.4, -0.2) is 58.0 Å². The van der Waals surface area contributed by atoms with Crippen LogP contribution in [-0.2, 0) is 4.79 Å².